The molecule has 0 saturated heterocycles. The predicted molar refractivity (Wildman–Crippen MR) is 86.1 cm³/mol. The van der Waals surface area contributed by atoms with Crippen LogP contribution in [0.2, 0.25) is 0 Å². The molecule has 0 saturated carbocycles. The molecule has 0 N–H and O–H groups in total. The standard InChI is InChI=1S/C16H18BO6/c1-18-11-5-7-13(20-3)15(9-11)22-17-23-16-10-12(19-2)6-8-14(16)21-4/h5-10H,1-4H3. The molecule has 0 aliphatic rings. The van der Waals surface area contributed by atoms with Crippen LogP contribution in [0.1, 0.15) is 0 Å². The lowest BCUT2D eigenvalue weighted by Crippen LogP contribution is -2.12. The van der Waals surface area contributed by atoms with E-state index in [1.807, 2.05) is 0 Å². The Hall–Kier alpha value is -2.70. The topological polar surface area (TPSA) is 55.4 Å². The quantitative estimate of drug-likeness (QED) is 0.698. The zero-order chi connectivity index (χ0) is 16.7. The molecule has 1 radical (unpaired) electrons. The smallest absolute Gasteiger partial charge is 0.524 e. The van der Waals surface area contributed by atoms with Crippen molar-refractivity contribution in [1.29, 1.82) is 0 Å². The Morgan fingerprint density at radius 2 is 1.00 bits per heavy atom. The van der Waals surface area contributed by atoms with Crippen molar-refractivity contribution in [2.75, 3.05) is 28.4 Å². The average molecular weight is 317 g/mol. The second-order valence-electron chi connectivity index (χ2n) is 4.37. The van der Waals surface area contributed by atoms with Gasteiger partial charge in [0, 0.05) is 12.1 Å². The lowest BCUT2D eigenvalue weighted by Gasteiger charge is -2.13. The van der Waals surface area contributed by atoms with Crippen molar-refractivity contribution in [3.63, 3.8) is 0 Å². The summed E-state index contributed by atoms with van der Waals surface area (Å²) in [4.78, 5) is 0. The number of hydrogen-bond acceptors (Lipinski definition) is 6. The fourth-order valence-electron chi connectivity index (χ4n) is 1.88. The van der Waals surface area contributed by atoms with Gasteiger partial charge in [-0.1, -0.05) is 0 Å². The molecule has 6 nitrogen and oxygen atoms in total. The fraction of sp³-hybridized carbons (Fsp3) is 0.250. The zero-order valence-electron chi connectivity index (χ0n) is 13.5. The molecule has 23 heavy (non-hydrogen) atoms. The summed E-state index contributed by atoms with van der Waals surface area (Å²) in [5, 5.41) is 0. The van der Waals surface area contributed by atoms with Crippen LogP contribution in [-0.2, 0) is 0 Å². The molecule has 0 bridgehead atoms. The second-order valence-corrected chi connectivity index (χ2v) is 4.37. The summed E-state index contributed by atoms with van der Waals surface area (Å²) < 4.78 is 31.8. The van der Waals surface area contributed by atoms with Crippen LogP contribution < -0.4 is 28.3 Å². The Balaban J connectivity index is 2.07. The van der Waals surface area contributed by atoms with Crippen molar-refractivity contribution < 1.29 is 28.3 Å². The Morgan fingerprint density at radius 1 is 0.565 bits per heavy atom. The van der Waals surface area contributed by atoms with Gasteiger partial charge in [-0.05, 0) is 24.3 Å². The van der Waals surface area contributed by atoms with E-state index in [9.17, 15) is 0 Å². The first-order valence-corrected chi connectivity index (χ1v) is 6.81. The molecule has 2 aromatic carbocycles. The van der Waals surface area contributed by atoms with Crippen molar-refractivity contribution in [2.24, 2.45) is 0 Å². The van der Waals surface area contributed by atoms with Gasteiger partial charge in [-0.15, -0.1) is 0 Å². The lowest BCUT2D eigenvalue weighted by atomic mass is 10.2. The highest BCUT2D eigenvalue weighted by Gasteiger charge is 2.12. The maximum atomic E-state index is 5.50. The first-order chi connectivity index (χ1) is 11.2. The van der Waals surface area contributed by atoms with Crippen LogP contribution in [0.5, 0.6) is 34.5 Å². The molecule has 2 rings (SSSR count). The minimum absolute atomic E-state index is 0.466. The molecule has 0 aliphatic heterocycles. The van der Waals surface area contributed by atoms with Crippen LogP contribution in [-0.4, -0.2) is 36.1 Å². The van der Waals surface area contributed by atoms with Gasteiger partial charge in [0.25, 0.3) is 0 Å². The summed E-state index contributed by atoms with van der Waals surface area (Å²) in [6.45, 7) is 0. The summed E-state index contributed by atoms with van der Waals surface area (Å²) in [5.41, 5.74) is 0. The van der Waals surface area contributed by atoms with Crippen molar-refractivity contribution >= 4 is 7.69 Å². The third-order valence-corrected chi connectivity index (χ3v) is 3.09. The Bertz CT molecular complexity index is 591. The fourth-order valence-corrected chi connectivity index (χ4v) is 1.88. The Labute approximate surface area is 136 Å². The van der Waals surface area contributed by atoms with Gasteiger partial charge >= 0.3 is 7.69 Å². The summed E-state index contributed by atoms with van der Waals surface area (Å²) >= 11 is 0. The largest absolute Gasteiger partial charge is 0.658 e. The highest BCUT2D eigenvalue weighted by molar-refractivity contribution is 6.21. The van der Waals surface area contributed by atoms with Gasteiger partial charge < -0.3 is 28.3 Å². The summed E-state index contributed by atoms with van der Waals surface area (Å²) in [7, 11) is 7.45. The first kappa shape index (κ1) is 16.7. The van der Waals surface area contributed by atoms with Crippen molar-refractivity contribution in [3.8, 4) is 34.5 Å². The highest BCUT2D eigenvalue weighted by atomic mass is 16.6. The van der Waals surface area contributed by atoms with Crippen LogP contribution in [0.3, 0.4) is 0 Å². The molecule has 0 aromatic heterocycles. The SMILES string of the molecule is COc1ccc(OC)c(O[B]Oc2cc(OC)ccc2OC)c1. The minimum atomic E-state index is 0.466. The first-order valence-electron chi connectivity index (χ1n) is 6.81. The summed E-state index contributed by atoms with van der Waals surface area (Å²) in [6.07, 6.45) is 0. The van der Waals surface area contributed by atoms with Crippen LogP contribution in [0, 0.1) is 0 Å². The molecule has 0 amide bonds. The number of methoxy groups -OCH3 is 4. The van der Waals surface area contributed by atoms with Crippen LogP contribution in [0.25, 0.3) is 0 Å². The number of hydrogen-bond donors (Lipinski definition) is 0. The molecule has 121 valence electrons. The van der Waals surface area contributed by atoms with E-state index in [0.717, 1.165) is 0 Å². The van der Waals surface area contributed by atoms with Gasteiger partial charge in [0.15, 0.2) is 11.5 Å². The summed E-state index contributed by atoms with van der Waals surface area (Å²) in [5.74, 6) is 3.34. The van der Waals surface area contributed by atoms with E-state index in [2.05, 4.69) is 0 Å². The van der Waals surface area contributed by atoms with Gasteiger partial charge in [0.1, 0.15) is 23.0 Å². The van der Waals surface area contributed by atoms with Crippen molar-refractivity contribution in [1.82, 2.24) is 0 Å². The van der Waals surface area contributed by atoms with E-state index in [0.29, 0.717) is 34.5 Å². The van der Waals surface area contributed by atoms with Gasteiger partial charge in [-0.25, -0.2) is 0 Å². The van der Waals surface area contributed by atoms with E-state index >= 15 is 0 Å². The highest BCUT2D eigenvalue weighted by Crippen LogP contribution is 2.33. The molecular formula is C16H18BO6. The molecule has 0 heterocycles. The van der Waals surface area contributed by atoms with Gasteiger partial charge in [0.2, 0.25) is 0 Å². The maximum absolute atomic E-state index is 5.50. The monoisotopic (exact) mass is 317 g/mol. The molecule has 0 spiro atoms. The molecule has 0 aliphatic carbocycles. The maximum Gasteiger partial charge on any atom is 0.658 e. The van der Waals surface area contributed by atoms with Gasteiger partial charge in [-0.3, -0.25) is 0 Å². The molecule has 2 aromatic rings. The number of rotatable bonds is 8. The van der Waals surface area contributed by atoms with Crippen LogP contribution >= 0.6 is 0 Å². The van der Waals surface area contributed by atoms with Gasteiger partial charge in [-0.2, -0.15) is 0 Å². The second kappa shape index (κ2) is 8.07. The van der Waals surface area contributed by atoms with E-state index in [-0.39, 0.29) is 0 Å². The van der Waals surface area contributed by atoms with Crippen LogP contribution in [0.4, 0.5) is 0 Å². The molecule has 0 unspecified atom stereocenters. The third-order valence-electron chi connectivity index (χ3n) is 3.09. The van der Waals surface area contributed by atoms with E-state index in [1.54, 1.807) is 64.8 Å². The van der Waals surface area contributed by atoms with E-state index in [1.165, 1.54) is 7.69 Å². The van der Waals surface area contributed by atoms with Crippen molar-refractivity contribution in [2.45, 2.75) is 0 Å². The Morgan fingerprint density at radius 3 is 1.35 bits per heavy atom. The zero-order valence-corrected chi connectivity index (χ0v) is 13.5. The number of ether oxygens (including phenoxy) is 4. The van der Waals surface area contributed by atoms with Gasteiger partial charge in [0.05, 0.1) is 28.4 Å². The molecular weight excluding hydrogens is 299 g/mol. The number of benzene rings is 2. The Kier molecular flexibility index (Phi) is 5.85. The average Bonchev–Trinajstić information content (AvgIpc) is 2.61. The molecule has 0 fully saturated rings. The molecule has 0 atom stereocenters. The lowest BCUT2D eigenvalue weighted by molar-refractivity contribution is 0.363. The van der Waals surface area contributed by atoms with E-state index < -0.39 is 0 Å². The minimum Gasteiger partial charge on any atom is -0.524 e. The summed E-state index contributed by atoms with van der Waals surface area (Å²) in [6, 6.07) is 10.4. The van der Waals surface area contributed by atoms with Crippen molar-refractivity contribution in [3.05, 3.63) is 36.4 Å². The third kappa shape index (κ3) is 4.15. The predicted octanol–water partition coefficient (Wildman–Crippen LogP) is 2.71. The molecule has 7 heteroatoms. The van der Waals surface area contributed by atoms with E-state index in [4.69, 9.17) is 28.3 Å². The van der Waals surface area contributed by atoms with Crippen LogP contribution in [0.15, 0.2) is 36.4 Å². The normalized spacial score (nSPS) is 9.74.